The molecule has 1 amide bonds. The van der Waals surface area contributed by atoms with Gasteiger partial charge in [-0.3, -0.25) is 4.79 Å². The first-order valence-corrected chi connectivity index (χ1v) is 9.70. The number of para-hydroxylation sites is 1. The van der Waals surface area contributed by atoms with Crippen LogP contribution in [0, 0.1) is 0 Å². The largest absolute Gasteiger partial charge is 0.356 e. The summed E-state index contributed by atoms with van der Waals surface area (Å²) in [6.07, 6.45) is 3.54. The highest BCUT2D eigenvalue weighted by Gasteiger charge is 2.27. The molecule has 8 nitrogen and oxygen atoms in total. The molecule has 29 heavy (non-hydrogen) atoms. The summed E-state index contributed by atoms with van der Waals surface area (Å²) >= 11 is 0. The number of aromatic amines is 1. The van der Waals surface area contributed by atoms with Crippen LogP contribution in [-0.2, 0) is 0 Å². The van der Waals surface area contributed by atoms with Crippen molar-refractivity contribution in [2.24, 2.45) is 0 Å². The van der Waals surface area contributed by atoms with Crippen molar-refractivity contribution in [2.75, 3.05) is 32.1 Å². The minimum atomic E-state index is -0.229. The summed E-state index contributed by atoms with van der Waals surface area (Å²) in [6, 6.07) is 13.2. The van der Waals surface area contributed by atoms with Crippen molar-refractivity contribution < 1.29 is 4.79 Å². The van der Waals surface area contributed by atoms with Gasteiger partial charge in [0.1, 0.15) is 11.6 Å². The Bertz CT molecular complexity index is 1040. The molecule has 1 atom stereocenters. The van der Waals surface area contributed by atoms with E-state index in [2.05, 4.69) is 20.1 Å². The topological polar surface area (TPSA) is 87.1 Å². The van der Waals surface area contributed by atoms with Gasteiger partial charge in [-0.25, -0.2) is 19.4 Å². The van der Waals surface area contributed by atoms with Gasteiger partial charge in [0.05, 0.1) is 11.3 Å². The maximum atomic E-state index is 12.4. The van der Waals surface area contributed by atoms with Crippen molar-refractivity contribution in [1.29, 1.82) is 0 Å². The molecule has 1 unspecified atom stereocenters. The molecule has 2 aromatic heterocycles. The van der Waals surface area contributed by atoms with E-state index in [1.54, 1.807) is 24.9 Å². The number of hydrogen-bond donors (Lipinski definition) is 1. The Morgan fingerprint density at radius 1 is 1.17 bits per heavy atom. The first-order chi connectivity index (χ1) is 14.0. The number of rotatable bonds is 4. The van der Waals surface area contributed by atoms with E-state index in [0.29, 0.717) is 12.1 Å². The normalized spacial score (nSPS) is 16.6. The molecular formula is C21H24N6O2. The number of piperidine rings is 1. The van der Waals surface area contributed by atoms with E-state index < -0.39 is 0 Å². The van der Waals surface area contributed by atoms with E-state index in [4.69, 9.17) is 0 Å². The Hall–Kier alpha value is -3.42. The number of pyridine rings is 1. The van der Waals surface area contributed by atoms with E-state index >= 15 is 0 Å². The highest BCUT2D eigenvalue weighted by Crippen LogP contribution is 2.28. The summed E-state index contributed by atoms with van der Waals surface area (Å²) in [4.78, 5) is 32.7. The molecule has 1 fully saturated rings. The maximum Gasteiger partial charge on any atom is 0.347 e. The fourth-order valence-electron chi connectivity index (χ4n) is 3.76. The lowest BCUT2D eigenvalue weighted by molar-refractivity contribution is 0.0827. The Morgan fingerprint density at radius 3 is 2.66 bits per heavy atom. The first-order valence-electron chi connectivity index (χ1n) is 9.70. The number of benzene rings is 1. The van der Waals surface area contributed by atoms with Gasteiger partial charge < -0.3 is 9.80 Å². The molecular weight excluding hydrogens is 368 g/mol. The van der Waals surface area contributed by atoms with Crippen LogP contribution >= 0.6 is 0 Å². The third-order valence-electron chi connectivity index (χ3n) is 5.22. The zero-order chi connectivity index (χ0) is 20.4. The van der Waals surface area contributed by atoms with Crippen molar-refractivity contribution in [3.8, 4) is 5.69 Å². The van der Waals surface area contributed by atoms with Crippen molar-refractivity contribution in [1.82, 2.24) is 24.6 Å². The molecule has 0 bridgehead atoms. The van der Waals surface area contributed by atoms with Gasteiger partial charge in [0.2, 0.25) is 0 Å². The molecule has 1 aromatic carbocycles. The van der Waals surface area contributed by atoms with E-state index in [1.165, 1.54) is 4.90 Å². The Morgan fingerprint density at radius 2 is 1.97 bits per heavy atom. The van der Waals surface area contributed by atoms with Gasteiger partial charge >= 0.3 is 5.69 Å². The number of hydrogen-bond acceptors (Lipinski definition) is 5. The molecule has 3 aromatic rings. The minimum Gasteiger partial charge on any atom is -0.356 e. The number of nitrogens with zero attached hydrogens (tertiary/aromatic N) is 5. The van der Waals surface area contributed by atoms with Gasteiger partial charge in [0.25, 0.3) is 5.91 Å². The number of H-pyrrole nitrogens is 1. The van der Waals surface area contributed by atoms with Gasteiger partial charge in [-0.2, -0.15) is 5.10 Å². The third kappa shape index (κ3) is 3.78. The lowest BCUT2D eigenvalue weighted by Crippen LogP contribution is -2.36. The fourth-order valence-corrected chi connectivity index (χ4v) is 3.76. The molecule has 0 aliphatic carbocycles. The number of aromatic nitrogens is 4. The van der Waals surface area contributed by atoms with Crippen molar-refractivity contribution >= 4 is 11.7 Å². The predicted molar refractivity (Wildman–Crippen MR) is 111 cm³/mol. The van der Waals surface area contributed by atoms with Crippen LogP contribution < -0.4 is 10.6 Å². The van der Waals surface area contributed by atoms with Crippen LogP contribution in [0.25, 0.3) is 5.69 Å². The van der Waals surface area contributed by atoms with Gasteiger partial charge in [-0.1, -0.05) is 18.2 Å². The summed E-state index contributed by atoms with van der Waals surface area (Å²) in [7, 11) is 3.45. The molecule has 1 N–H and O–H groups in total. The highest BCUT2D eigenvalue weighted by atomic mass is 16.2. The van der Waals surface area contributed by atoms with Crippen LogP contribution in [0.15, 0.2) is 53.5 Å². The van der Waals surface area contributed by atoms with Crippen LogP contribution in [-0.4, -0.2) is 57.7 Å². The number of amides is 1. The number of carbonyl (C=O) groups is 1. The molecule has 0 saturated carbocycles. The molecule has 0 radical (unpaired) electrons. The number of nitrogens with one attached hydrogen (secondary N) is 1. The Labute approximate surface area is 168 Å². The Balaban J connectivity index is 1.57. The second kappa shape index (κ2) is 7.90. The van der Waals surface area contributed by atoms with Gasteiger partial charge in [-0.15, -0.1) is 0 Å². The molecule has 1 saturated heterocycles. The van der Waals surface area contributed by atoms with Gasteiger partial charge in [0.15, 0.2) is 0 Å². The second-order valence-corrected chi connectivity index (χ2v) is 7.45. The summed E-state index contributed by atoms with van der Waals surface area (Å²) in [6.45, 7) is 1.59. The fraction of sp³-hybridized carbons (Fsp3) is 0.333. The second-order valence-electron chi connectivity index (χ2n) is 7.45. The predicted octanol–water partition coefficient (Wildman–Crippen LogP) is 2.04. The first kappa shape index (κ1) is 18.9. The Kier molecular flexibility index (Phi) is 5.16. The van der Waals surface area contributed by atoms with Crippen molar-refractivity contribution in [3.05, 3.63) is 70.5 Å². The van der Waals surface area contributed by atoms with Crippen LogP contribution in [0.5, 0.6) is 0 Å². The third-order valence-corrected chi connectivity index (χ3v) is 5.22. The van der Waals surface area contributed by atoms with E-state index in [-0.39, 0.29) is 17.5 Å². The zero-order valence-electron chi connectivity index (χ0n) is 16.6. The van der Waals surface area contributed by atoms with Crippen molar-refractivity contribution in [3.63, 3.8) is 0 Å². The standard InChI is InChI=1S/C21H24N6O2/c1-25(2)20(28)15-10-11-18(22-13-15)26-12-6-7-16(14-26)19-23-24-21(29)27(19)17-8-4-3-5-9-17/h3-5,8-11,13,16H,6-7,12,14H2,1-2H3,(H,24,29). The van der Waals surface area contributed by atoms with Crippen LogP contribution in [0.4, 0.5) is 5.82 Å². The summed E-state index contributed by atoms with van der Waals surface area (Å²) in [5.41, 5.74) is 1.15. The van der Waals surface area contributed by atoms with Crippen LogP contribution in [0.3, 0.4) is 0 Å². The minimum absolute atomic E-state index is 0.0658. The monoisotopic (exact) mass is 392 g/mol. The quantitative estimate of drug-likeness (QED) is 0.734. The molecule has 4 rings (SSSR count). The molecule has 1 aliphatic rings. The van der Waals surface area contributed by atoms with Crippen LogP contribution in [0.1, 0.15) is 34.9 Å². The van der Waals surface area contributed by atoms with E-state index in [1.807, 2.05) is 42.5 Å². The molecule has 8 heteroatoms. The maximum absolute atomic E-state index is 12.4. The lowest BCUT2D eigenvalue weighted by Gasteiger charge is -2.33. The molecule has 150 valence electrons. The number of anilines is 1. The summed E-state index contributed by atoms with van der Waals surface area (Å²) in [5, 5.41) is 6.93. The average Bonchev–Trinajstić information content (AvgIpc) is 3.15. The van der Waals surface area contributed by atoms with E-state index in [0.717, 1.165) is 36.7 Å². The van der Waals surface area contributed by atoms with Crippen molar-refractivity contribution in [2.45, 2.75) is 18.8 Å². The zero-order valence-corrected chi connectivity index (χ0v) is 16.6. The van der Waals surface area contributed by atoms with E-state index in [9.17, 15) is 9.59 Å². The smallest absolute Gasteiger partial charge is 0.347 e. The molecule has 0 spiro atoms. The number of carbonyl (C=O) groups excluding carboxylic acids is 1. The molecule has 3 heterocycles. The van der Waals surface area contributed by atoms with Gasteiger partial charge in [0, 0.05) is 39.3 Å². The molecule has 1 aliphatic heterocycles. The SMILES string of the molecule is CN(C)C(=O)c1ccc(N2CCCC(c3n[nH]c(=O)n3-c3ccccc3)C2)nc1. The summed E-state index contributed by atoms with van der Waals surface area (Å²) < 4.78 is 1.65. The average molecular weight is 392 g/mol. The lowest BCUT2D eigenvalue weighted by atomic mass is 9.97. The van der Waals surface area contributed by atoms with Gasteiger partial charge in [-0.05, 0) is 37.1 Å². The summed E-state index contributed by atoms with van der Waals surface area (Å²) in [5.74, 6) is 1.61. The van der Waals surface area contributed by atoms with Crippen LogP contribution in [0.2, 0.25) is 0 Å². The highest BCUT2D eigenvalue weighted by molar-refractivity contribution is 5.93.